The molecule has 0 saturated heterocycles. The van der Waals surface area contributed by atoms with Gasteiger partial charge < -0.3 is 5.32 Å². The highest BCUT2D eigenvalue weighted by Gasteiger charge is 2.31. The van der Waals surface area contributed by atoms with Crippen LogP contribution in [0.4, 0.5) is 4.39 Å². The number of nitriles is 1. The molecule has 1 aliphatic rings. The van der Waals surface area contributed by atoms with Crippen LogP contribution in [-0.2, 0) is 0 Å². The number of hydrogen-bond acceptors (Lipinski definition) is 2. The van der Waals surface area contributed by atoms with Crippen LogP contribution in [0.5, 0.6) is 0 Å². The third kappa shape index (κ3) is 3.08. The molecule has 1 saturated carbocycles. The molecule has 1 aliphatic carbocycles. The smallest absolute Gasteiger partial charge is 0.123 e. The van der Waals surface area contributed by atoms with Gasteiger partial charge in [-0.1, -0.05) is 19.1 Å². The number of halogens is 1. The molecule has 2 nitrogen and oxygen atoms in total. The molecule has 1 unspecified atom stereocenters. The van der Waals surface area contributed by atoms with Crippen LogP contribution in [0.3, 0.4) is 0 Å². The van der Waals surface area contributed by atoms with Gasteiger partial charge in [0.05, 0.1) is 12.5 Å². The molecule has 0 aromatic heterocycles. The number of rotatable bonds is 5. The fraction of sp³-hybridized carbons (Fsp3) is 0.533. The molecule has 1 atom stereocenters. The average Bonchev–Trinajstić information content (AvgIpc) is 2.31. The van der Waals surface area contributed by atoms with Gasteiger partial charge in [-0.2, -0.15) is 5.26 Å². The summed E-state index contributed by atoms with van der Waals surface area (Å²) in [4.78, 5) is 0. The normalized spacial score (nSPS) is 24.1. The Hall–Kier alpha value is -1.40. The van der Waals surface area contributed by atoms with Crippen molar-refractivity contribution < 1.29 is 4.39 Å². The van der Waals surface area contributed by atoms with Crippen molar-refractivity contribution in [2.24, 2.45) is 0 Å². The summed E-state index contributed by atoms with van der Waals surface area (Å²) in [6, 6.07) is 9.88. The average molecular weight is 246 g/mol. The van der Waals surface area contributed by atoms with Gasteiger partial charge >= 0.3 is 0 Å². The van der Waals surface area contributed by atoms with Gasteiger partial charge in [0.1, 0.15) is 5.82 Å². The molecule has 0 heterocycles. The molecular weight excluding hydrogens is 227 g/mol. The Morgan fingerprint density at radius 1 is 1.50 bits per heavy atom. The summed E-state index contributed by atoms with van der Waals surface area (Å²) in [6.07, 6.45) is 3.64. The minimum Gasteiger partial charge on any atom is -0.310 e. The van der Waals surface area contributed by atoms with Gasteiger partial charge in [0.2, 0.25) is 0 Å². The monoisotopic (exact) mass is 246 g/mol. The lowest BCUT2D eigenvalue weighted by atomic mass is 9.75. The summed E-state index contributed by atoms with van der Waals surface area (Å²) in [5.74, 6) is 0.317. The van der Waals surface area contributed by atoms with Crippen molar-refractivity contribution in [3.05, 3.63) is 35.6 Å². The molecule has 1 fully saturated rings. The molecule has 18 heavy (non-hydrogen) atoms. The van der Waals surface area contributed by atoms with Gasteiger partial charge in [-0.25, -0.2) is 4.39 Å². The lowest BCUT2D eigenvalue weighted by molar-refractivity contribution is 0.262. The van der Waals surface area contributed by atoms with E-state index in [9.17, 15) is 4.39 Å². The Balaban J connectivity index is 1.82. The first-order valence-corrected chi connectivity index (χ1v) is 6.61. The van der Waals surface area contributed by atoms with Crippen LogP contribution in [0.15, 0.2) is 24.3 Å². The third-order valence-corrected chi connectivity index (χ3v) is 3.76. The Morgan fingerprint density at radius 3 is 2.89 bits per heavy atom. The van der Waals surface area contributed by atoms with Crippen LogP contribution in [-0.4, -0.2) is 12.1 Å². The molecule has 1 aromatic carbocycles. The van der Waals surface area contributed by atoms with E-state index < -0.39 is 0 Å². The number of nitrogens with zero attached hydrogens (tertiary/aromatic N) is 1. The van der Waals surface area contributed by atoms with Crippen LogP contribution in [0.1, 0.15) is 44.1 Å². The van der Waals surface area contributed by atoms with Crippen molar-refractivity contribution in [1.29, 1.82) is 5.26 Å². The fourth-order valence-electron chi connectivity index (χ4n) is 2.55. The second kappa shape index (κ2) is 5.97. The number of benzene rings is 1. The van der Waals surface area contributed by atoms with Crippen molar-refractivity contribution in [3.63, 3.8) is 0 Å². The summed E-state index contributed by atoms with van der Waals surface area (Å²) in [5, 5.41) is 12.2. The van der Waals surface area contributed by atoms with Crippen molar-refractivity contribution >= 4 is 0 Å². The highest BCUT2D eigenvalue weighted by Crippen LogP contribution is 2.37. The Kier molecular flexibility index (Phi) is 4.33. The summed E-state index contributed by atoms with van der Waals surface area (Å²) >= 11 is 0. The predicted molar refractivity (Wildman–Crippen MR) is 69.6 cm³/mol. The van der Waals surface area contributed by atoms with Gasteiger partial charge in [0.15, 0.2) is 0 Å². The zero-order valence-electron chi connectivity index (χ0n) is 10.7. The molecule has 0 bridgehead atoms. The molecule has 0 radical (unpaired) electrons. The SMILES string of the molecule is CCC(CC#N)NC1CC(c2cccc(F)c2)C1. The van der Waals surface area contributed by atoms with E-state index in [0.29, 0.717) is 24.4 Å². The summed E-state index contributed by atoms with van der Waals surface area (Å²) in [5.41, 5.74) is 1.10. The molecule has 1 aromatic rings. The van der Waals surface area contributed by atoms with Gasteiger partial charge in [-0.05, 0) is 42.9 Å². The minimum atomic E-state index is -0.153. The van der Waals surface area contributed by atoms with Gasteiger partial charge in [0.25, 0.3) is 0 Å². The van der Waals surface area contributed by atoms with E-state index in [1.54, 1.807) is 12.1 Å². The fourth-order valence-corrected chi connectivity index (χ4v) is 2.55. The van der Waals surface area contributed by atoms with E-state index in [0.717, 1.165) is 24.8 Å². The second-order valence-corrected chi connectivity index (χ2v) is 5.05. The van der Waals surface area contributed by atoms with Crippen LogP contribution >= 0.6 is 0 Å². The lowest BCUT2D eigenvalue weighted by Gasteiger charge is -2.38. The maximum Gasteiger partial charge on any atom is 0.123 e. The van der Waals surface area contributed by atoms with E-state index >= 15 is 0 Å². The summed E-state index contributed by atoms with van der Waals surface area (Å²) in [6.45, 7) is 2.09. The molecule has 3 heteroatoms. The van der Waals surface area contributed by atoms with Gasteiger partial charge in [0, 0.05) is 12.1 Å². The Labute approximate surface area is 108 Å². The maximum atomic E-state index is 13.1. The number of nitrogens with one attached hydrogen (secondary N) is 1. The highest BCUT2D eigenvalue weighted by atomic mass is 19.1. The number of hydrogen-bond donors (Lipinski definition) is 1. The largest absolute Gasteiger partial charge is 0.310 e. The zero-order chi connectivity index (χ0) is 13.0. The maximum absolute atomic E-state index is 13.1. The van der Waals surface area contributed by atoms with E-state index in [2.05, 4.69) is 18.3 Å². The molecule has 0 amide bonds. The van der Waals surface area contributed by atoms with E-state index in [1.807, 2.05) is 6.07 Å². The van der Waals surface area contributed by atoms with Crippen molar-refractivity contribution in [3.8, 4) is 6.07 Å². The Morgan fingerprint density at radius 2 is 2.28 bits per heavy atom. The van der Waals surface area contributed by atoms with Crippen molar-refractivity contribution in [2.75, 3.05) is 0 Å². The topological polar surface area (TPSA) is 35.8 Å². The van der Waals surface area contributed by atoms with Crippen molar-refractivity contribution in [2.45, 2.75) is 50.6 Å². The second-order valence-electron chi connectivity index (χ2n) is 5.05. The summed E-state index contributed by atoms with van der Waals surface area (Å²) < 4.78 is 13.1. The zero-order valence-corrected chi connectivity index (χ0v) is 10.7. The third-order valence-electron chi connectivity index (χ3n) is 3.76. The first kappa shape index (κ1) is 13.0. The van der Waals surface area contributed by atoms with Crippen LogP contribution < -0.4 is 5.32 Å². The molecule has 0 aliphatic heterocycles. The quantitative estimate of drug-likeness (QED) is 0.864. The lowest BCUT2D eigenvalue weighted by Crippen LogP contribution is -2.45. The van der Waals surface area contributed by atoms with E-state index in [1.165, 1.54) is 6.07 Å². The van der Waals surface area contributed by atoms with E-state index in [4.69, 9.17) is 5.26 Å². The van der Waals surface area contributed by atoms with Crippen LogP contribution in [0, 0.1) is 17.1 Å². The molecule has 1 N–H and O–H groups in total. The van der Waals surface area contributed by atoms with Gasteiger partial charge in [-0.15, -0.1) is 0 Å². The summed E-state index contributed by atoms with van der Waals surface area (Å²) in [7, 11) is 0. The van der Waals surface area contributed by atoms with Gasteiger partial charge in [-0.3, -0.25) is 0 Å². The molecule has 0 spiro atoms. The van der Waals surface area contributed by atoms with Crippen LogP contribution in [0.25, 0.3) is 0 Å². The van der Waals surface area contributed by atoms with Crippen LogP contribution in [0.2, 0.25) is 0 Å². The van der Waals surface area contributed by atoms with E-state index in [-0.39, 0.29) is 5.82 Å². The molecular formula is C15H19FN2. The Bertz CT molecular complexity index is 432. The first-order chi connectivity index (χ1) is 8.72. The minimum absolute atomic E-state index is 0.153. The molecule has 96 valence electrons. The van der Waals surface area contributed by atoms with Crippen molar-refractivity contribution in [1.82, 2.24) is 5.32 Å². The predicted octanol–water partition coefficient (Wildman–Crippen LogP) is 3.35. The standard InChI is InChI=1S/C15H19FN2/c1-2-14(6-7-17)18-15-9-12(10-15)11-4-3-5-13(16)8-11/h3-5,8,12,14-15,18H,2,6,9-10H2,1H3. The molecule has 2 rings (SSSR count). The first-order valence-electron chi connectivity index (χ1n) is 6.61. The highest BCUT2D eigenvalue weighted by molar-refractivity contribution is 5.23.